The second-order valence-corrected chi connectivity index (χ2v) is 13.9. The van der Waals surface area contributed by atoms with Crippen molar-refractivity contribution in [2.24, 2.45) is 40.9 Å². The number of rotatable bonds is 11. The first-order chi connectivity index (χ1) is 19.6. The molecule has 0 aromatic heterocycles. The van der Waals surface area contributed by atoms with E-state index >= 15 is 0 Å². The molecule has 4 rings (SSSR count). The van der Waals surface area contributed by atoms with Crippen LogP contribution in [0.25, 0.3) is 0 Å². The summed E-state index contributed by atoms with van der Waals surface area (Å²) in [5.41, 5.74) is 0.162. The molecular weight excluding hydrogens is 532 g/mol. The molecule has 0 saturated heterocycles. The van der Waals surface area contributed by atoms with Crippen molar-refractivity contribution < 1.29 is 49.6 Å². The maximum Gasteiger partial charge on any atom is 0.310 e. The SMILES string of the molecule is CC(C)(C1CCC(OOCC2CCC(O)CC2COO)CC1)C1CCC(OC(=O)C2CCC(O)CC2C(=O)O)CC1. The van der Waals surface area contributed by atoms with Gasteiger partial charge in [-0.15, -0.1) is 0 Å². The third-order valence-corrected chi connectivity index (χ3v) is 11.1. The number of carboxylic acids is 1. The smallest absolute Gasteiger partial charge is 0.310 e. The van der Waals surface area contributed by atoms with Crippen molar-refractivity contribution in [2.45, 2.75) is 128 Å². The van der Waals surface area contributed by atoms with Gasteiger partial charge in [0.05, 0.1) is 43.4 Å². The number of aliphatic carboxylic acids is 1. The fourth-order valence-electron chi connectivity index (χ4n) is 8.16. The highest BCUT2D eigenvalue weighted by Gasteiger charge is 2.43. The zero-order valence-electron chi connectivity index (χ0n) is 24.8. The van der Waals surface area contributed by atoms with E-state index in [-0.39, 0.29) is 48.6 Å². The van der Waals surface area contributed by atoms with Crippen LogP contribution in [0.15, 0.2) is 0 Å². The molecule has 0 aromatic rings. The molecule has 41 heavy (non-hydrogen) atoms. The zero-order valence-corrected chi connectivity index (χ0v) is 24.8. The van der Waals surface area contributed by atoms with Gasteiger partial charge in [0.1, 0.15) is 6.10 Å². The van der Waals surface area contributed by atoms with Crippen molar-refractivity contribution in [1.82, 2.24) is 0 Å². The Morgan fingerprint density at radius 3 is 1.90 bits per heavy atom. The first-order valence-corrected chi connectivity index (χ1v) is 15.9. The van der Waals surface area contributed by atoms with Crippen molar-refractivity contribution in [3.8, 4) is 0 Å². The largest absolute Gasteiger partial charge is 0.481 e. The Bertz CT molecular complexity index is 833. The number of carbonyl (C=O) groups excluding carboxylic acids is 1. The zero-order chi connectivity index (χ0) is 29.6. The molecule has 4 saturated carbocycles. The molecular formula is C31H52O10. The molecule has 4 fully saturated rings. The van der Waals surface area contributed by atoms with Crippen LogP contribution in [0.4, 0.5) is 0 Å². The van der Waals surface area contributed by atoms with Crippen molar-refractivity contribution in [2.75, 3.05) is 13.2 Å². The Labute approximate surface area is 243 Å². The summed E-state index contributed by atoms with van der Waals surface area (Å²) in [5.74, 6) is -1.60. The predicted octanol–water partition coefficient (Wildman–Crippen LogP) is 4.75. The Hall–Kier alpha value is -1.30. The topological polar surface area (TPSA) is 152 Å². The molecule has 10 heteroatoms. The van der Waals surface area contributed by atoms with E-state index < -0.39 is 29.9 Å². The number of hydrogen-bond acceptors (Lipinski definition) is 9. The quantitative estimate of drug-likeness (QED) is 0.152. The Morgan fingerprint density at radius 1 is 0.707 bits per heavy atom. The van der Waals surface area contributed by atoms with Crippen molar-refractivity contribution in [3.05, 3.63) is 0 Å². The summed E-state index contributed by atoms with van der Waals surface area (Å²) in [6.07, 6.45) is 9.65. The average Bonchev–Trinajstić information content (AvgIpc) is 2.95. The Kier molecular flexibility index (Phi) is 11.9. The minimum Gasteiger partial charge on any atom is -0.481 e. The lowest BCUT2D eigenvalue weighted by Crippen LogP contribution is -2.41. The number of aliphatic hydroxyl groups excluding tert-OH is 2. The van der Waals surface area contributed by atoms with Crippen LogP contribution in [0, 0.1) is 40.9 Å². The van der Waals surface area contributed by atoms with E-state index in [1.807, 2.05) is 0 Å². The lowest BCUT2D eigenvalue weighted by Gasteiger charge is -2.46. The molecule has 0 amide bonds. The van der Waals surface area contributed by atoms with Gasteiger partial charge in [0.2, 0.25) is 0 Å². The van der Waals surface area contributed by atoms with E-state index in [1.54, 1.807) is 0 Å². The van der Waals surface area contributed by atoms with Gasteiger partial charge in [-0.25, -0.2) is 14.7 Å². The van der Waals surface area contributed by atoms with Crippen LogP contribution >= 0.6 is 0 Å². The van der Waals surface area contributed by atoms with Crippen LogP contribution in [0.2, 0.25) is 0 Å². The number of carbonyl (C=O) groups is 2. The van der Waals surface area contributed by atoms with Gasteiger partial charge in [-0.3, -0.25) is 14.8 Å². The molecule has 6 unspecified atom stereocenters. The van der Waals surface area contributed by atoms with Gasteiger partial charge in [-0.1, -0.05) is 13.8 Å². The van der Waals surface area contributed by atoms with Gasteiger partial charge in [0.25, 0.3) is 0 Å². The van der Waals surface area contributed by atoms with E-state index in [0.29, 0.717) is 37.7 Å². The summed E-state index contributed by atoms with van der Waals surface area (Å²) in [4.78, 5) is 40.3. The van der Waals surface area contributed by atoms with Gasteiger partial charge in [-0.2, -0.15) is 0 Å². The normalized spacial score (nSPS) is 38.8. The first kappa shape index (κ1) is 32.6. The third-order valence-electron chi connectivity index (χ3n) is 11.1. The summed E-state index contributed by atoms with van der Waals surface area (Å²) < 4.78 is 5.83. The molecule has 10 nitrogen and oxygen atoms in total. The van der Waals surface area contributed by atoms with Gasteiger partial charge in [0.15, 0.2) is 0 Å². The molecule has 0 bridgehead atoms. The van der Waals surface area contributed by atoms with E-state index in [1.165, 1.54) is 0 Å². The summed E-state index contributed by atoms with van der Waals surface area (Å²) in [6, 6.07) is 0. The maximum absolute atomic E-state index is 12.9. The highest BCUT2D eigenvalue weighted by atomic mass is 17.2. The van der Waals surface area contributed by atoms with Gasteiger partial charge < -0.3 is 20.1 Å². The molecule has 0 spiro atoms. The molecule has 0 radical (unpaired) electrons. The molecule has 4 aliphatic carbocycles. The summed E-state index contributed by atoms with van der Waals surface area (Å²) in [6.45, 7) is 5.39. The van der Waals surface area contributed by atoms with Crippen LogP contribution in [0.1, 0.15) is 104 Å². The maximum atomic E-state index is 12.9. The van der Waals surface area contributed by atoms with Gasteiger partial charge >= 0.3 is 11.9 Å². The fraction of sp³-hybridized carbons (Fsp3) is 0.935. The van der Waals surface area contributed by atoms with Crippen LogP contribution in [0.5, 0.6) is 0 Å². The van der Waals surface area contributed by atoms with Crippen molar-refractivity contribution >= 4 is 11.9 Å². The standard InChI is InChI=1S/C31H52O10/c1-31(2,21-4-10-25(11-5-21)40-30(36)27-14-9-24(33)16-28(27)29(34)35)22-6-12-26(13-7-22)41-39-18-19-3-8-23(32)15-20(19)17-38-37/h19-28,32-33,37H,3-18H2,1-2H3,(H,34,35). The monoisotopic (exact) mass is 584 g/mol. The molecule has 4 aliphatic rings. The van der Waals surface area contributed by atoms with E-state index in [0.717, 1.165) is 64.2 Å². The van der Waals surface area contributed by atoms with Crippen LogP contribution < -0.4 is 0 Å². The van der Waals surface area contributed by atoms with Crippen molar-refractivity contribution in [1.29, 1.82) is 0 Å². The first-order valence-electron chi connectivity index (χ1n) is 15.9. The van der Waals surface area contributed by atoms with Gasteiger partial charge in [-0.05, 0) is 119 Å². The predicted molar refractivity (Wildman–Crippen MR) is 148 cm³/mol. The van der Waals surface area contributed by atoms with Crippen LogP contribution in [-0.4, -0.2) is 70.1 Å². The number of esters is 1. The third kappa shape index (κ3) is 8.63. The van der Waals surface area contributed by atoms with E-state index in [9.17, 15) is 24.9 Å². The lowest BCUT2D eigenvalue weighted by atomic mass is 9.60. The lowest BCUT2D eigenvalue weighted by molar-refractivity contribution is -0.341. The molecule has 6 atom stereocenters. The molecule has 0 aliphatic heterocycles. The number of carboxylic acid groups (broad SMARTS) is 1. The van der Waals surface area contributed by atoms with E-state index in [2.05, 4.69) is 18.7 Å². The second kappa shape index (κ2) is 14.9. The summed E-state index contributed by atoms with van der Waals surface area (Å²) >= 11 is 0. The highest BCUT2D eigenvalue weighted by Crippen LogP contribution is 2.49. The average molecular weight is 585 g/mol. The minimum absolute atomic E-state index is 0.0606. The fourth-order valence-corrected chi connectivity index (χ4v) is 8.16. The Balaban J connectivity index is 1.16. The summed E-state index contributed by atoms with van der Waals surface area (Å²) in [5, 5.41) is 38.2. The number of ether oxygens (including phenoxy) is 1. The molecule has 0 heterocycles. The Morgan fingerprint density at radius 2 is 1.29 bits per heavy atom. The van der Waals surface area contributed by atoms with Gasteiger partial charge in [0, 0.05) is 0 Å². The number of aliphatic hydroxyl groups is 2. The second-order valence-electron chi connectivity index (χ2n) is 13.9. The van der Waals surface area contributed by atoms with E-state index in [4.69, 9.17) is 19.8 Å². The van der Waals surface area contributed by atoms with Crippen molar-refractivity contribution in [3.63, 3.8) is 0 Å². The van der Waals surface area contributed by atoms with Crippen LogP contribution in [0.3, 0.4) is 0 Å². The highest BCUT2D eigenvalue weighted by molar-refractivity contribution is 5.81. The van der Waals surface area contributed by atoms with Crippen LogP contribution in [-0.2, 0) is 29.0 Å². The minimum atomic E-state index is -1.03. The molecule has 4 N–H and O–H groups in total. The molecule has 236 valence electrons. The molecule has 0 aromatic carbocycles. The number of hydrogen-bond donors (Lipinski definition) is 4. The summed E-state index contributed by atoms with van der Waals surface area (Å²) in [7, 11) is 0.